The highest BCUT2D eigenvalue weighted by Gasteiger charge is 2.22. The van der Waals surface area contributed by atoms with E-state index in [1.54, 1.807) is 0 Å². The fraction of sp³-hybridized carbons (Fsp3) is 0.300. The Morgan fingerprint density at radius 1 is 1.06 bits per heavy atom. The number of rotatable bonds is 10. The van der Waals surface area contributed by atoms with Crippen LogP contribution in [0, 0.1) is 3.57 Å². The number of H-pyrrole nitrogens is 1. The average molecular weight is 594 g/mol. The number of aromatic nitrogens is 1. The predicted octanol–water partition coefficient (Wildman–Crippen LogP) is 6.26. The van der Waals surface area contributed by atoms with Gasteiger partial charge in [-0.2, -0.15) is 0 Å². The molecule has 4 aromatic rings. The van der Waals surface area contributed by atoms with Gasteiger partial charge in [-0.3, -0.25) is 4.79 Å². The minimum absolute atomic E-state index is 0.0190. The summed E-state index contributed by atoms with van der Waals surface area (Å²) < 4.78 is 6.98. The van der Waals surface area contributed by atoms with Crippen molar-refractivity contribution in [2.24, 2.45) is 0 Å². The van der Waals surface area contributed by atoms with Gasteiger partial charge in [-0.25, -0.2) is 0 Å². The molecule has 0 spiro atoms. The van der Waals surface area contributed by atoms with E-state index in [9.17, 15) is 4.79 Å². The van der Waals surface area contributed by atoms with Gasteiger partial charge in [0.05, 0.1) is 6.61 Å². The van der Waals surface area contributed by atoms with Gasteiger partial charge in [-0.1, -0.05) is 30.3 Å². The average Bonchev–Trinajstić information content (AvgIpc) is 3.25. The summed E-state index contributed by atoms with van der Waals surface area (Å²) in [6.45, 7) is 1.51. The van der Waals surface area contributed by atoms with Crippen LogP contribution in [0.3, 0.4) is 0 Å². The number of anilines is 1. The second-order valence-corrected chi connectivity index (χ2v) is 10.7. The van der Waals surface area contributed by atoms with Crippen molar-refractivity contribution >= 4 is 45.1 Å². The molecule has 6 heteroatoms. The van der Waals surface area contributed by atoms with Crippen LogP contribution in [-0.4, -0.2) is 30.1 Å². The molecule has 1 heterocycles. The van der Waals surface area contributed by atoms with Crippen LogP contribution in [0.1, 0.15) is 36.1 Å². The summed E-state index contributed by atoms with van der Waals surface area (Å²) in [5.74, 6) is 0.855. The van der Waals surface area contributed by atoms with Gasteiger partial charge in [-0.15, -0.1) is 0 Å². The summed E-state index contributed by atoms with van der Waals surface area (Å²) >= 11 is 2.37. The van der Waals surface area contributed by atoms with Crippen molar-refractivity contribution in [2.75, 3.05) is 18.5 Å². The number of hydrogen-bond acceptors (Lipinski definition) is 3. The smallest absolute Gasteiger partial charge is 0.224 e. The molecule has 0 saturated carbocycles. The first-order chi connectivity index (χ1) is 17.6. The Hall–Kier alpha value is -2.84. The third kappa shape index (κ3) is 6.48. The molecule has 0 fully saturated rings. The van der Waals surface area contributed by atoms with Crippen LogP contribution >= 0.6 is 22.6 Å². The Morgan fingerprint density at radius 2 is 1.94 bits per heavy atom. The maximum Gasteiger partial charge on any atom is 0.224 e. The summed E-state index contributed by atoms with van der Waals surface area (Å²) in [5, 5.41) is 8.07. The first kappa shape index (κ1) is 24.8. The maximum atomic E-state index is 12.5. The molecule has 0 saturated heterocycles. The topological polar surface area (TPSA) is 66.1 Å². The number of fused-ring (bicyclic) bond motifs is 3. The van der Waals surface area contributed by atoms with Gasteiger partial charge >= 0.3 is 0 Å². The molecule has 186 valence electrons. The standard InChI is InChI=1S/C30H32IN3O2/c31-22-7-4-6-21(18-22)15-16-32-23-11-13-28-26(19-23)27-20-24(12-14-29(27)34-28)33-30(35)10-5-17-36-25-8-2-1-3-9-25/h1-4,6-9,12,14,18,20,23,32,34H,5,10-11,13,15-17,19H2,(H,33,35). The second-order valence-electron chi connectivity index (χ2n) is 9.43. The van der Waals surface area contributed by atoms with E-state index in [1.807, 2.05) is 36.4 Å². The lowest BCUT2D eigenvalue weighted by Gasteiger charge is -2.24. The molecule has 1 aromatic heterocycles. The molecule has 3 aromatic carbocycles. The number of aromatic amines is 1. The molecule has 3 N–H and O–H groups in total. The van der Waals surface area contributed by atoms with E-state index in [0.29, 0.717) is 25.5 Å². The van der Waals surface area contributed by atoms with Gasteiger partial charge in [0.1, 0.15) is 5.75 Å². The highest BCUT2D eigenvalue weighted by atomic mass is 127. The van der Waals surface area contributed by atoms with Crippen molar-refractivity contribution < 1.29 is 9.53 Å². The highest BCUT2D eigenvalue weighted by Crippen LogP contribution is 2.31. The van der Waals surface area contributed by atoms with E-state index in [2.05, 4.69) is 74.6 Å². The van der Waals surface area contributed by atoms with Crippen LogP contribution < -0.4 is 15.4 Å². The number of hydrogen-bond donors (Lipinski definition) is 3. The zero-order valence-electron chi connectivity index (χ0n) is 20.4. The Balaban J connectivity index is 1.14. The van der Waals surface area contributed by atoms with E-state index in [1.165, 1.54) is 25.8 Å². The van der Waals surface area contributed by atoms with Gasteiger partial charge in [0.25, 0.3) is 0 Å². The van der Waals surface area contributed by atoms with Gasteiger partial charge in [0.15, 0.2) is 0 Å². The number of aryl methyl sites for hydroxylation is 1. The van der Waals surface area contributed by atoms with Crippen LogP contribution in [0.4, 0.5) is 5.69 Å². The van der Waals surface area contributed by atoms with Crippen LogP contribution in [0.2, 0.25) is 0 Å². The zero-order chi connectivity index (χ0) is 24.7. The first-order valence-corrected chi connectivity index (χ1v) is 13.8. The normalized spacial score (nSPS) is 15.0. The molecule has 1 amide bonds. The van der Waals surface area contributed by atoms with Gasteiger partial charge in [0, 0.05) is 38.3 Å². The predicted molar refractivity (Wildman–Crippen MR) is 155 cm³/mol. The monoisotopic (exact) mass is 593 g/mol. The van der Waals surface area contributed by atoms with E-state index in [-0.39, 0.29) is 5.91 Å². The number of benzene rings is 3. The molecule has 1 atom stereocenters. The highest BCUT2D eigenvalue weighted by molar-refractivity contribution is 14.1. The second kappa shape index (κ2) is 11.9. The Morgan fingerprint density at radius 3 is 2.81 bits per heavy atom. The summed E-state index contributed by atoms with van der Waals surface area (Å²) in [7, 11) is 0. The maximum absolute atomic E-state index is 12.5. The molecule has 5 nitrogen and oxygen atoms in total. The molecule has 1 aliphatic carbocycles. The molecule has 36 heavy (non-hydrogen) atoms. The fourth-order valence-electron chi connectivity index (χ4n) is 4.95. The van der Waals surface area contributed by atoms with Gasteiger partial charge in [0.2, 0.25) is 5.91 Å². The Kier molecular flexibility index (Phi) is 8.23. The molecule has 1 aliphatic rings. The Bertz CT molecular complexity index is 1320. The quantitative estimate of drug-likeness (QED) is 0.150. The molecule has 1 unspecified atom stereocenters. The minimum Gasteiger partial charge on any atom is -0.494 e. The summed E-state index contributed by atoms with van der Waals surface area (Å²) in [6, 6.07) is 25.1. The molecule has 5 rings (SSSR count). The number of ether oxygens (including phenoxy) is 1. The Labute approximate surface area is 226 Å². The number of para-hydroxylation sites is 1. The molecular formula is C30H32IN3O2. The van der Waals surface area contributed by atoms with Crippen molar-refractivity contribution in [3.63, 3.8) is 0 Å². The van der Waals surface area contributed by atoms with Gasteiger partial charge in [-0.05, 0) is 115 Å². The summed E-state index contributed by atoms with van der Waals surface area (Å²) in [5.41, 5.74) is 6.10. The van der Waals surface area contributed by atoms with Crippen LogP contribution in [0.5, 0.6) is 5.75 Å². The summed E-state index contributed by atoms with van der Waals surface area (Å²) in [4.78, 5) is 16.1. The number of nitrogens with one attached hydrogen (secondary N) is 3. The number of amides is 1. The van der Waals surface area contributed by atoms with Crippen molar-refractivity contribution in [1.82, 2.24) is 10.3 Å². The van der Waals surface area contributed by atoms with E-state index >= 15 is 0 Å². The first-order valence-electron chi connectivity index (χ1n) is 12.7. The van der Waals surface area contributed by atoms with Crippen LogP contribution in [0.15, 0.2) is 72.8 Å². The van der Waals surface area contributed by atoms with E-state index < -0.39 is 0 Å². The van der Waals surface area contributed by atoms with E-state index in [0.717, 1.165) is 49.2 Å². The molecule has 0 radical (unpaired) electrons. The largest absolute Gasteiger partial charge is 0.494 e. The SMILES string of the molecule is O=C(CCCOc1ccccc1)Nc1ccc2[nH]c3c(c2c1)CC(NCCc1cccc(I)c1)CC3. The lowest BCUT2D eigenvalue weighted by Crippen LogP contribution is -2.35. The third-order valence-electron chi connectivity index (χ3n) is 6.77. The number of halogens is 1. The molecular weight excluding hydrogens is 561 g/mol. The molecule has 0 aliphatic heterocycles. The van der Waals surface area contributed by atoms with Crippen LogP contribution in [-0.2, 0) is 24.1 Å². The lowest BCUT2D eigenvalue weighted by molar-refractivity contribution is -0.116. The fourth-order valence-corrected chi connectivity index (χ4v) is 5.55. The van der Waals surface area contributed by atoms with Crippen LogP contribution in [0.25, 0.3) is 10.9 Å². The number of carbonyl (C=O) groups excluding carboxylic acids is 1. The third-order valence-corrected chi connectivity index (χ3v) is 7.44. The minimum atomic E-state index is 0.0190. The molecule has 0 bridgehead atoms. The van der Waals surface area contributed by atoms with Crippen molar-refractivity contribution in [3.8, 4) is 5.75 Å². The summed E-state index contributed by atoms with van der Waals surface area (Å²) in [6.07, 6.45) is 5.35. The zero-order valence-corrected chi connectivity index (χ0v) is 22.5. The van der Waals surface area contributed by atoms with Gasteiger partial charge < -0.3 is 20.4 Å². The number of carbonyl (C=O) groups is 1. The van der Waals surface area contributed by atoms with Crippen molar-refractivity contribution in [1.29, 1.82) is 0 Å². The lowest BCUT2D eigenvalue weighted by atomic mass is 9.91. The van der Waals surface area contributed by atoms with Crippen molar-refractivity contribution in [2.45, 2.75) is 44.6 Å². The van der Waals surface area contributed by atoms with Crippen molar-refractivity contribution in [3.05, 3.63) is 93.2 Å². The van der Waals surface area contributed by atoms with E-state index in [4.69, 9.17) is 4.74 Å².